The number of hydrazine groups is 1. The minimum absolute atomic E-state index is 0.207. The number of anilines is 2. The molecule has 1 aliphatic carbocycles. The fourth-order valence-corrected chi connectivity index (χ4v) is 5.28. The number of nitrogens with two attached hydrogens (primary N) is 2. The van der Waals surface area contributed by atoms with Crippen LogP contribution in [0, 0.1) is 29.6 Å². The second-order valence-electron chi connectivity index (χ2n) is 10.4. The van der Waals surface area contributed by atoms with Gasteiger partial charge >= 0.3 is 0 Å². The molecule has 0 saturated heterocycles. The lowest BCUT2D eigenvalue weighted by Crippen LogP contribution is -2.31. The van der Waals surface area contributed by atoms with E-state index >= 15 is 0 Å². The summed E-state index contributed by atoms with van der Waals surface area (Å²) in [6.07, 6.45) is 8.01. The molecule has 2 aromatic heterocycles. The molecule has 2 atom stereocenters. The molecule has 0 bridgehead atoms. The lowest BCUT2D eigenvalue weighted by molar-refractivity contribution is 0.378. The summed E-state index contributed by atoms with van der Waals surface area (Å²) < 4.78 is 0. The third-order valence-corrected chi connectivity index (χ3v) is 7.67. The van der Waals surface area contributed by atoms with Gasteiger partial charge in [0, 0.05) is 53.4 Å². The largest absolute Gasteiger partial charge is 0.399 e. The van der Waals surface area contributed by atoms with Crippen molar-refractivity contribution in [2.75, 3.05) is 10.6 Å². The van der Waals surface area contributed by atoms with Gasteiger partial charge in [0.2, 0.25) is 0 Å². The van der Waals surface area contributed by atoms with Crippen molar-refractivity contribution >= 4 is 33.9 Å². The molecule has 9 nitrogen and oxygen atoms in total. The Bertz CT molecular complexity index is 1690. The van der Waals surface area contributed by atoms with E-state index in [-0.39, 0.29) is 12.1 Å². The smallest absolute Gasteiger partial charge is 0.103 e. The molecule has 0 spiro atoms. The molecule has 1 saturated carbocycles. The number of pyridine rings is 2. The van der Waals surface area contributed by atoms with E-state index in [9.17, 15) is 10.5 Å². The molecule has 1 aliphatic rings. The lowest BCUT2D eigenvalue weighted by Gasteiger charge is -2.25. The molecule has 0 amide bonds. The Kier molecular flexibility index (Phi) is 8.73. The number of fused-ring (bicyclic) bond motifs is 1. The molecule has 1 fully saturated rings. The van der Waals surface area contributed by atoms with Gasteiger partial charge in [0.15, 0.2) is 0 Å². The Balaban J connectivity index is 1.59. The number of aryl methyl sites for hydroxylation is 1. The molecular formula is C32H32ClN9. The normalized spacial score (nSPS) is 14.5. The number of halogens is 1. The highest BCUT2D eigenvalue weighted by Crippen LogP contribution is 2.37. The molecule has 0 unspecified atom stereocenters. The van der Waals surface area contributed by atoms with E-state index in [1.54, 1.807) is 23.5 Å². The molecule has 2 aromatic carbocycles. The highest BCUT2D eigenvalue weighted by molar-refractivity contribution is 6.35. The summed E-state index contributed by atoms with van der Waals surface area (Å²) in [4.78, 5) is 8.97. The zero-order valence-electron chi connectivity index (χ0n) is 23.3. The Labute approximate surface area is 250 Å². The fourth-order valence-electron chi connectivity index (χ4n) is 5.01. The van der Waals surface area contributed by atoms with Crippen LogP contribution in [0.2, 0.25) is 5.02 Å². The van der Waals surface area contributed by atoms with E-state index < -0.39 is 6.04 Å². The van der Waals surface area contributed by atoms with Crippen LogP contribution in [0.3, 0.4) is 0 Å². The average molecular weight is 578 g/mol. The van der Waals surface area contributed by atoms with E-state index in [2.05, 4.69) is 32.7 Å². The Hall–Kier alpha value is -4.83. The Morgan fingerprint density at radius 2 is 1.93 bits per heavy atom. The molecular weight excluding hydrogens is 546 g/mol. The van der Waals surface area contributed by atoms with Gasteiger partial charge in [-0.3, -0.25) is 9.97 Å². The second-order valence-corrected chi connectivity index (χ2v) is 10.8. The molecule has 6 N–H and O–H groups in total. The first-order valence-corrected chi connectivity index (χ1v) is 14.2. The van der Waals surface area contributed by atoms with Gasteiger partial charge in [0.05, 0.1) is 45.6 Å². The van der Waals surface area contributed by atoms with E-state index in [4.69, 9.17) is 23.2 Å². The maximum atomic E-state index is 10.0. The third-order valence-electron chi connectivity index (χ3n) is 7.38. The van der Waals surface area contributed by atoms with Gasteiger partial charge in [0.1, 0.15) is 6.07 Å². The van der Waals surface area contributed by atoms with E-state index in [1.807, 2.05) is 55.5 Å². The highest BCUT2D eigenvalue weighted by Gasteiger charge is 2.27. The van der Waals surface area contributed by atoms with Crippen molar-refractivity contribution in [3.63, 3.8) is 0 Å². The summed E-state index contributed by atoms with van der Waals surface area (Å²) in [5.41, 5.74) is 12.1. The number of nitriles is 2. The molecule has 0 radical (unpaired) electrons. The van der Waals surface area contributed by atoms with Crippen LogP contribution in [0.4, 0.5) is 11.4 Å². The molecule has 212 valence electrons. The third kappa shape index (κ3) is 6.39. The van der Waals surface area contributed by atoms with E-state index in [0.29, 0.717) is 51.4 Å². The van der Waals surface area contributed by atoms with E-state index in [1.165, 1.54) is 6.20 Å². The predicted octanol–water partition coefficient (Wildman–Crippen LogP) is 6.21. The molecule has 5 rings (SSSR count). The molecule has 0 aliphatic heterocycles. The minimum atomic E-state index is -0.451. The van der Waals surface area contributed by atoms with Gasteiger partial charge in [-0.2, -0.15) is 10.5 Å². The topological polar surface area (TPSA) is 153 Å². The summed E-state index contributed by atoms with van der Waals surface area (Å²) >= 11 is 6.80. The van der Waals surface area contributed by atoms with Crippen LogP contribution in [-0.2, 0) is 0 Å². The van der Waals surface area contributed by atoms with Gasteiger partial charge in [0.25, 0.3) is 0 Å². The lowest BCUT2D eigenvalue weighted by atomic mass is 10.00. The average Bonchev–Trinajstić information content (AvgIpc) is 3.85. The number of hydrogen-bond donors (Lipinski definition) is 4. The predicted molar refractivity (Wildman–Crippen MR) is 166 cm³/mol. The van der Waals surface area contributed by atoms with Crippen LogP contribution >= 0.6 is 11.6 Å². The summed E-state index contributed by atoms with van der Waals surface area (Å²) in [5, 5.41) is 29.2. The molecule has 10 heteroatoms. The summed E-state index contributed by atoms with van der Waals surface area (Å²) in [6, 6.07) is 21.5. The Morgan fingerprint density at radius 1 is 1.14 bits per heavy atom. The summed E-state index contributed by atoms with van der Waals surface area (Å²) in [5.74, 6) is 6.25. The standard InChI is InChI=1S/C32H32ClN9/c1-20-25(9-6-14-38-20)32(28(36)19-42(37)24-11-12-24)40-23-15-26-30(22(17-35)18-39-31(26)27(33)16-23)41-29(10-5-13-34)21-7-3-2-4-8-21/h2-4,6-9,14-16,18-19,24,29,32,40H,5,10-12,36-37H2,1H3,(H,39,41)/b28-19-/t29-,32+/m1/s1. The van der Waals surface area contributed by atoms with Crippen molar-refractivity contribution in [1.29, 1.82) is 10.5 Å². The molecule has 2 heterocycles. The van der Waals surface area contributed by atoms with Crippen LogP contribution in [0.1, 0.15) is 60.2 Å². The van der Waals surface area contributed by atoms with Crippen LogP contribution in [0.5, 0.6) is 0 Å². The van der Waals surface area contributed by atoms with Crippen molar-refractivity contribution in [2.24, 2.45) is 11.6 Å². The second kappa shape index (κ2) is 12.8. The minimum Gasteiger partial charge on any atom is -0.399 e. The summed E-state index contributed by atoms with van der Waals surface area (Å²) in [6.45, 7) is 1.93. The monoisotopic (exact) mass is 577 g/mol. The van der Waals surface area contributed by atoms with Gasteiger partial charge < -0.3 is 21.4 Å². The maximum Gasteiger partial charge on any atom is 0.103 e. The number of hydrogen-bond acceptors (Lipinski definition) is 9. The first-order valence-electron chi connectivity index (χ1n) is 13.8. The number of aromatic nitrogens is 2. The fraction of sp³-hybridized carbons (Fsp3) is 0.250. The zero-order valence-corrected chi connectivity index (χ0v) is 24.0. The maximum absolute atomic E-state index is 10.0. The van der Waals surface area contributed by atoms with Crippen LogP contribution in [0.25, 0.3) is 10.9 Å². The van der Waals surface area contributed by atoms with Crippen molar-refractivity contribution in [1.82, 2.24) is 15.0 Å². The highest BCUT2D eigenvalue weighted by atomic mass is 35.5. The van der Waals surface area contributed by atoms with Crippen LogP contribution in [-0.4, -0.2) is 21.0 Å². The number of nitrogens with zero attached hydrogens (tertiary/aromatic N) is 5. The van der Waals surface area contributed by atoms with Crippen LogP contribution in [0.15, 0.2) is 78.9 Å². The van der Waals surface area contributed by atoms with Crippen molar-refractivity contribution in [2.45, 2.75) is 50.7 Å². The van der Waals surface area contributed by atoms with Crippen molar-refractivity contribution in [3.8, 4) is 12.1 Å². The first-order chi connectivity index (χ1) is 20.4. The van der Waals surface area contributed by atoms with Gasteiger partial charge in [-0.15, -0.1) is 0 Å². The van der Waals surface area contributed by atoms with Crippen molar-refractivity contribution < 1.29 is 0 Å². The number of rotatable bonds is 11. The van der Waals surface area contributed by atoms with Crippen molar-refractivity contribution in [3.05, 3.63) is 106 Å². The van der Waals surface area contributed by atoms with Gasteiger partial charge in [-0.25, -0.2) is 5.84 Å². The SMILES string of the molecule is Cc1ncccc1[C@H](Nc1cc(Cl)c2ncc(C#N)c(N[C@H](CCC#N)c3ccccc3)c2c1)/C(N)=C/N(N)C1CC1. The molecule has 42 heavy (non-hydrogen) atoms. The van der Waals surface area contributed by atoms with Crippen LogP contribution < -0.4 is 22.2 Å². The summed E-state index contributed by atoms with van der Waals surface area (Å²) in [7, 11) is 0. The zero-order chi connectivity index (χ0) is 29.6. The van der Waals surface area contributed by atoms with Gasteiger partial charge in [-0.05, 0) is 49.9 Å². The van der Waals surface area contributed by atoms with Gasteiger partial charge in [-0.1, -0.05) is 48.0 Å². The van der Waals surface area contributed by atoms with E-state index in [0.717, 1.165) is 29.7 Å². The number of nitrogens with one attached hydrogen (secondary N) is 2. The Morgan fingerprint density at radius 3 is 2.62 bits per heavy atom. The molecule has 4 aromatic rings. The number of benzene rings is 2. The first kappa shape index (κ1) is 28.7. The quantitative estimate of drug-likeness (QED) is 0.120.